The second kappa shape index (κ2) is 7.57. The Morgan fingerprint density at radius 1 is 1.25 bits per heavy atom. The Morgan fingerprint density at radius 3 is 2.83 bits per heavy atom. The van der Waals surface area contributed by atoms with Crippen LogP contribution in [0.2, 0.25) is 0 Å². The molecule has 8 heteroatoms. The molecule has 1 N–H and O–H groups in total. The van der Waals surface area contributed by atoms with Crippen molar-refractivity contribution >= 4 is 17.7 Å². The van der Waals surface area contributed by atoms with Gasteiger partial charge in [0.1, 0.15) is 0 Å². The van der Waals surface area contributed by atoms with Crippen molar-refractivity contribution in [3.8, 4) is 23.0 Å². The number of nitrogens with zero attached hydrogens (tertiary/aromatic N) is 2. The van der Waals surface area contributed by atoms with Crippen molar-refractivity contribution in [1.29, 1.82) is 0 Å². The molecule has 2 aromatic rings. The largest absolute Gasteiger partial charge is 0.454 e. The molecule has 2 heterocycles. The molecule has 1 amide bonds. The minimum absolute atomic E-state index is 0.0310. The number of amides is 1. The second-order valence-electron chi connectivity index (χ2n) is 5.31. The Bertz CT molecular complexity index is 715. The van der Waals surface area contributed by atoms with Gasteiger partial charge in [-0.3, -0.25) is 4.79 Å². The molecule has 0 saturated heterocycles. The summed E-state index contributed by atoms with van der Waals surface area (Å²) in [5.41, 5.74) is 0.750. The van der Waals surface area contributed by atoms with Gasteiger partial charge < -0.3 is 19.2 Å². The number of hydrogen-bond acceptors (Lipinski definition) is 7. The molecular weight excluding hydrogens is 330 g/mol. The third-order valence-corrected chi connectivity index (χ3v) is 4.52. The number of fused-ring (bicyclic) bond motifs is 1. The first kappa shape index (κ1) is 16.6. The van der Waals surface area contributed by atoms with Crippen molar-refractivity contribution in [1.82, 2.24) is 15.5 Å². The number of carbonyl (C=O) groups excluding carboxylic acids is 1. The first-order valence-electron chi connectivity index (χ1n) is 7.85. The summed E-state index contributed by atoms with van der Waals surface area (Å²) >= 11 is 1.22. The molecule has 0 spiro atoms. The van der Waals surface area contributed by atoms with Crippen LogP contribution in [0.5, 0.6) is 11.5 Å². The Kier molecular flexibility index (Phi) is 5.24. The van der Waals surface area contributed by atoms with E-state index in [1.165, 1.54) is 11.8 Å². The van der Waals surface area contributed by atoms with Crippen molar-refractivity contribution in [3.05, 3.63) is 18.2 Å². The third kappa shape index (κ3) is 3.81. The first-order chi connectivity index (χ1) is 11.7. The van der Waals surface area contributed by atoms with Crippen LogP contribution in [0.25, 0.3) is 11.5 Å². The zero-order chi connectivity index (χ0) is 16.9. The van der Waals surface area contributed by atoms with Crippen molar-refractivity contribution in [2.24, 2.45) is 0 Å². The number of aromatic nitrogens is 2. The average Bonchev–Trinajstić information content (AvgIpc) is 3.25. The topological polar surface area (TPSA) is 86.5 Å². The molecule has 1 aliphatic heterocycles. The van der Waals surface area contributed by atoms with E-state index in [0.29, 0.717) is 22.6 Å². The molecule has 0 aliphatic carbocycles. The summed E-state index contributed by atoms with van der Waals surface area (Å²) < 4.78 is 16.2. The van der Waals surface area contributed by atoms with Crippen LogP contribution >= 0.6 is 11.8 Å². The highest BCUT2D eigenvalue weighted by molar-refractivity contribution is 7.99. The van der Waals surface area contributed by atoms with Crippen LogP contribution in [-0.2, 0) is 4.79 Å². The van der Waals surface area contributed by atoms with E-state index < -0.39 is 0 Å². The van der Waals surface area contributed by atoms with Gasteiger partial charge in [-0.2, -0.15) is 0 Å². The first-order valence-corrected chi connectivity index (χ1v) is 8.83. The highest BCUT2D eigenvalue weighted by Crippen LogP contribution is 2.35. The minimum Gasteiger partial charge on any atom is -0.454 e. The predicted molar refractivity (Wildman–Crippen MR) is 89.1 cm³/mol. The molecule has 0 atom stereocenters. The quantitative estimate of drug-likeness (QED) is 0.769. The van der Waals surface area contributed by atoms with Crippen molar-refractivity contribution in [2.45, 2.75) is 38.0 Å². The van der Waals surface area contributed by atoms with Gasteiger partial charge in [-0.05, 0) is 31.0 Å². The van der Waals surface area contributed by atoms with E-state index in [1.54, 1.807) is 12.1 Å². The molecule has 1 aromatic carbocycles. The van der Waals surface area contributed by atoms with E-state index in [-0.39, 0.29) is 24.5 Å². The van der Waals surface area contributed by atoms with Gasteiger partial charge in [-0.1, -0.05) is 25.6 Å². The van der Waals surface area contributed by atoms with Crippen LogP contribution in [0.4, 0.5) is 0 Å². The van der Waals surface area contributed by atoms with Crippen molar-refractivity contribution < 1.29 is 18.7 Å². The number of hydrogen-bond donors (Lipinski definition) is 1. The number of ether oxygens (including phenoxy) is 2. The zero-order valence-corrected chi connectivity index (χ0v) is 14.4. The third-order valence-electron chi connectivity index (χ3n) is 3.70. The molecule has 7 nitrogen and oxygen atoms in total. The number of carbonyl (C=O) groups is 1. The number of thioether (sulfide) groups is 1. The lowest BCUT2D eigenvalue weighted by Gasteiger charge is -2.13. The van der Waals surface area contributed by atoms with Gasteiger partial charge in [0.2, 0.25) is 18.6 Å². The molecule has 24 heavy (non-hydrogen) atoms. The summed E-state index contributed by atoms with van der Waals surface area (Å²) in [6, 6.07) is 5.64. The van der Waals surface area contributed by atoms with E-state index in [4.69, 9.17) is 13.9 Å². The molecule has 0 fully saturated rings. The molecule has 0 unspecified atom stereocenters. The summed E-state index contributed by atoms with van der Waals surface area (Å²) in [7, 11) is 0. The lowest BCUT2D eigenvalue weighted by Crippen LogP contribution is -2.34. The monoisotopic (exact) mass is 349 g/mol. The SMILES string of the molecule is CCC(CC)NC(=O)CSc1nnc(-c2ccc3c(c2)OCO3)o1. The molecule has 0 saturated carbocycles. The van der Waals surface area contributed by atoms with Gasteiger partial charge in [0.25, 0.3) is 5.22 Å². The Balaban J connectivity index is 1.59. The molecule has 128 valence electrons. The van der Waals surface area contributed by atoms with E-state index in [0.717, 1.165) is 18.4 Å². The fourth-order valence-corrected chi connectivity index (χ4v) is 2.88. The van der Waals surface area contributed by atoms with Crippen LogP contribution in [-0.4, -0.2) is 34.7 Å². The fourth-order valence-electron chi connectivity index (χ4n) is 2.30. The van der Waals surface area contributed by atoms with Gasteiger partial charge in [0, 0.05) is 11.6 Å². The lowest BCUT2D eigenvalue weighted by atomic mass is 10.2. The van der Waals surface area contributed by atoms with Gasteiger partial charge in [0.05, 0.1) is 5.75 Å². The minimum atomic E-state index is -0.0310. The molecule has 1 aromatic heterocycles. The normalized spacial score (nSPS) is 12.6. The lowest BCUT2D eigenvalue weighted by molar-refractivity contribution is -0.119. The van der Waals surface area contributed by atoms with Gasteiger partial charge in [-0.15, -0.1) is 10.2 Å². The van der Waals surface area contributed by atoms with Gasteiger partial charge in [-0.25, -0.2) is 0 Å². The molecule has 0 bridgehead atoms. The molecule has 1 aliphatic rings. The van der Waals surface area contributed by atoms with Gasteiger partial charge >= 0.3 is 0 Å². The van der Waals surface area contributed by atoms with E-state index in [2.05, 4.69) is 29.4 Å². The highest BCUT2D eigenvalue weighted by atomic mass is 32.2. The van der Waals surface area contributed by atoms with Crippen molar-refractivity contribution in [3.63, 3.8) is 0 Å². The van der Waals surface area contributed by atoms with Crippen LogP contribution in [0.3, 0.4) is 0 Å². The van der Waals surface area contributed by atoms with Crippen LogP contribution in [0.15, 0.2) is 27.8 Å². The molecular formula is C16H19N3O4S. The Hall–Kier alpha value is -2.22. The number of nitrogens with one attached hydrogen (secondary N) is 1. The molecule has 0 radical (unpaired) electrons. The predicted octanol–water partition coefficient (Wildman–Crippen LogP) is 2.86. The Labute approximate surface area is 144 Å². The van der Waals surface area contributed by atoms with Crippen LogP contribution in [0.1, 0.15) is 26.7 Å². The van der Waals surface area contributed by atoms with E-state index in [1.807, 2.05) is 6.07 Å². The van der Waals surface area contributed by atoms with Crippen LogP contribution in [0, 0.1) is 0 Å². The van der Waals surface area contributed by atoms with E-state index >= 15 is 0 Å². The van der Waals surface area contributed by atoms with Gasteiger partial charge in [0.15, 0.2) is 11.5 Å². The maximum Gasteiger partial charge on any atom is 0.277 e. The van der Waals surface area contributed by atoms with E-state index in [9.17, 15) is 4.79 Å². The standard InChI is InChI=1S/C16H19N3O4S/c1-3-11(4-2)17-14(20)8-24-16-19-18-15(23-16)10-5-6-12-13(7-10)22-9-21-12/h5-7,11H,3-4,8-9H2,1-2H3,(H,17,20). The second-order valence-corrected chi connectivity index (χ2v) is 6.24. The fraction of sp³-hybridized carbons (Fsp3) is 0.438. The number of benzene rings is 1. The zero-order valence-electron chi connectivity index (χ0n) is 13.6. The summed E-state index contributed by atoms with van der Waals surface area (Å²) in [6.45, 7) is 4.32. The summed E-state index contributed by atoms with van der Waals surface area (Å²) in [4.78, 5) is 11.9. The Morgan fingerprint density at radius 2 is 2.04 bits per heavy atom. The van der Waals surface area contributed by atoms with Crippen molar-refractivity contribution in [2.75, 3.05) is 12.5 Å². The maximum atomic E-state index is 11.9. The number of rotatable bonds is 7. The summed E-state index contributed by atoms with van der Waals surface area (Å²) in [5.74, 6) is 1.96. The maximum absolute atomic E-state index is 11.9. The average molecular weight is 349 g/mol. The molecule has 3 rings (SSSR count). The highest BCUT2D eigenvalue weighted by Gasteiger charge is 2.17. The van der Waals surface area contributed by atoms with Crippen LogP contribution < -0.4 is 14.8 Å². The summed E-state index contributed by atoms with van der Waals surface area (Å²) in [5, 5.41) is 11.3. The smallest absolute Gasteiger partial charge is 0.277 e. The summed E-state index contributed by atoms with van der Waals surface area (Å²) in [6.07, 6.45) is 1.84.